The molecule has 1 heterocycles. The molecule has 0 saturated carbocycles. The van der Waals surface area contributed by atoms with Crippen molar-refractivity contribution in [1.29, 1.82) is 0 Å². The Hall–Kier alpha value is -0.280. The summed E-state index contributed by atoms with van der Waals surface area (Å²) in [7, 11) is 1.64. The van der Waals surface area contributed by atoms with Crippen LogP contribution in [0.1, 0.15) is 33.1 Å². The molecule has 1 fully saturated rings. The largest absolute Gasteiger partial charge is 0.379 e. The zero-order chi connectivity index (χ0) is 11.5. The van der Waals surface area contributed by atoms with Gasteiger partial charge in [0.15, 0.2) is 0 Å². The molecule has 0 aliphatic carbocycles. The lowest BCUT2D eigenvalue weighted by molar-refractivity contribution is -0.131. The predicted octanol–water partition coefficient (Wildman–Crippen LogP) is 2.03. The van der Waals surface area contributed by atoms with Crippen LogP contribution in [0, 0.1) is 0 Å². The van der Waals surface area contributed by atoms with Gasteiger partial charge in [-0.25, -0.2) is 0 Å². The van der Waals surface area contributed by atoms with Gasteiger partial charge in [0.25, 0.3) is 0 Å². The second-order valence-corrected chi connectivity index (χ2v) is 5.19. The Morgan fingerprint density at radius 3 is 2.47 bits per heavy atom. The first-order chi connectivity index (χ1) is 6.96. The Labute approximate surface area is 96.7 Å². The summed E-state index contributed by atoms with van der Waals surface area (Å²) in [6, 6.07) is 0. The first kappa shape index (κ1) is 12.8. The lowest BCUT2D eigenvalue weighted by Crippen LogP contribution is -2.38. The molecule has 88 valence electrons. The topological polar surface area (TPSA) is 29.5 Å². The van der Waals surface area contributed by atoms with Crippen LogP contribution in [0.3, 0.4) is 0 Å². The molecule has 1 amide bonds. The van der Waals surface area contributed by atoms with Crippen molar-refractivity contribution in [3.63, 3.8) is 0 Å². The third-order valence-electron chi connectivity index (χ3n) is 2.91. The number of hydrogen-bond donors (Lipinski definition) is 0. The van der Waals surface area contributed by atoms with Crippen LogP contribution in [0.2, 0.25) is 0 Å². The van der Waals surface area contributed by atoms with Crippen LogP contribution in [-0.4, -0.2) is 42.0 Å². The van der Waals surface area contributed by atoms with Crippen molar-refractivity contribution in [2.45, 2.75) is 44.1 Å². The minimum Gasteiger partial charge on any atom is -0.379 e. The summed E-state index contributed by atoms with van der Waals surface area (Å²) in [5.74, 6) is 0.0549. The summed E-state index contributed by atoms with van der Waals surface area (Å²) < 4.78 is 5.27. The average Bonchev–Trinajstić information content (AvgIpc) is 2.68. The molecule has 0 radical (unpaired) electrons. The first-order valence-electron chi connectivity index (χ1n) is 5.44. The van der Waals surface area contributed by atoms with Crippen LogP contribution in [0.5, 0.6) is 0 Å². The first-order valence-corrected chi connectivity index (χ1v) is 5.88. The summed E-state index contributed by atoms with van der Waals surface area (Å²) in [4.78, 5) is 13.7. The van der Waals surface area contributed by atoms with E-state index in [1.807, 2.05) is 18.7 Å². The second kappa shape index (κ2) is 5.17. The zero-order valence-corrected chi connectivity index (χ0v) is 10.5. The van der Waals surface area contributed by atoms with Crippen molar-refractivity contribution >= 4 is 17.5 Å². The van der Waals surface area contributed by atoms with Crippen molar-refractivity contribution in [3.05, 3.63) is 0 Å². The van der Waals surface area contributed by atoms with Gasteiger partial charge in [-0.1, -0.05) is 0 Å². The van der Waals surface area contributed by atoms with Crippen molar-refractivity contribution in [3.8, 4) is 0 Å². The monoisotopic (exact) mass is 233 g/mol. The Morgan fingerprint density at radius 1 is 1.47 bits per heavy atom. The van der Waals surface area contributed by atoms with Gasteiger partial charge in [0.1, 0.15) is 5.38 Å². The number of halogens is 1. The second-order valence-electron chi connectivity index (χ2n) is 4.67. The Kier molecular flexibility index (Phi) is 4.41. The molecule has 0 aromatic carbocycles. The lowest BCUT2D eigenvalue weighted by atomic mass is 10.0. The standard InChI is InChI=1S/C11H20ClNO2/c1-11(2,15-3)8-9(12)10(14)13-6-4-5-7-13/h9H,4-8H2,1-3H3. The Bertz CT molecular complexity index is 225. The Balaban J connectivity index is 2.45. The number of likely N-dealkylation sites (tertiary alicyclic amines) is 1. The summed E-state index contributed by atoms with van der Waals surface area (Å²) in [6.45, 7) is 5.60. The fraction of sp³-hybridized carbons (Fsp3) is 0.909. The van der Waals surface area contributed by atoms with E-state index < -0.39 is 5.38 Å². The molecule has 1 aliphatic heterocycles. The SMILES string of the molecule is COC(C)(C)CC(Cl)C(=O)N1CCCC1. The number of methoxy groups -OCH3 is 1. The molecule has 0 spiro atoms. The summed E-state index contributed by atoms with van der Waals surface area (Å²) >= 11 is 6.10. The van der Waals surface area contributed by atoms with Gasteiger partial charge in [-0.15, -0.1) is 11.6 Å². The highest BCUT2D eigenvalue weighted by molar-refractivity contribution is 6.30. The van der Waals surface area contributed by atoms with E-state index in [0.29, 0.717) is 6.42 Å². The van der Waals surface area contributed by atoms with Gasteiger partial charge in [0.05, 0.1) is 5.60 Å². The number of carbonyl (C=O) groups excluding carboxylic acids is 1. The van der Waals surface area contributed by atoms with Gasteiger partial charge in [-0.2, -0.15) is 0 Å². The van der Waals surface area contributed by atoms with Crippen LogP contribution in [0.25, 0.3) is 0 Å². The smallest absolute Gasteiger partial charge is 0.240 e. The van der Waals surface area contributed by atoms with Crippen molar-refractivity contribution in [1.82, 2.24) is 4.90 Å². The number of rotatable bonds is 4. The van der Waals surface area contributed by atoms with Gasteiger partial charge in [0.2, 0.25) is 5.91 Å². The third-order valence-corrected chi connectivity index (χ3v) is 3.25. The number of hydrogen-bond acceptors (Lipinski definition) is 2. The maximum absolute atomic E-state index is 11.9. The van der Waals surface area contributed by atoms with E-state index in [4.69, 9.17) is 16.3 Å². The minimum absolute atomic E-state index is 0.0549. The fourth-order valence-corrected chi connectivity index (χ4v) is 2.25. The van der Waals surface area contributed by atoms with Gasteiger partial charge in [-0.3, -0.25) is 4.79 Å². The molecular weight excluding hydrogens is 214 g/mol. The molecule has 1 rings (SSSR count). The molecule has 1 aliphatic rings. The average molecular weight is 234 g/mol. The predicted molar refractivity (Wildman–Crippen MR) is 61.2 cm³/mol. The number of nitrogens with zero attached hydrogens (tertiary/aromatic N) is 1. The molecular formula is C11H20ClNO2. The summed E-state index contributed by atoms with van der Waals surface area (Å²) in [6.07, 6.45) is 2.76. The van der Waals surface area contributed by atoms with Crippen LogP contribution in [0.4, 0.5) is 0 Å². The number of amides is 1. The van der Waals surface area contributed by atoms with Gasteiger partial charge in [0, 0.05) is 26.6 Å². The van der Waals surface area contributed by atoms with Gasteiger partial charge < -0.3 is 9.64 Å². The highest BCUT2D eigenvalue weighted by Crippen LogP contribution is 2.22. The van der Waals surface area contributed by atoms with E-state index in [9.17, 15) is 4.79 Å². The maximum atomic E-state index is 11.9. The molecule has 0 aromatic rings. The quantitative estimate of drug-likeness (QED) is 0.696. The van der Waals surface area contributed by atoms with E-state index in [-0.39, 0.29) is 11.5 Å². The molecule has 0 bridgehead atoms. The molecule has 4 heteroatoms. The Morgan fingerprint density at radius 2 is 2.00 bits per heavy atom. The van der Waals surface area contributed by atoms with Gasteiger partial charge >= 0.3 is 0 Å². The molecule has 1 unspecified atom stereocenters. The van der Waals surface area contributed by atoms with Crippen LogP contribution >= 0.6 is 11.6 Å². The van der Waals surface area contributed by atoms with Crippen molar-refractivity contribution in [2.24, 2.45) is 0 Å². The van der Waals surface area contributed by atoms with E-state index in [1.165, 1.54) is 0 Å². The molecule has 0 aromatic heterocycles. The van der Waals surface area contributed by atoms with Crippen LogP contribution in [0.15, 0.2) is 0 Å². The molecule has 0 N–H and O–H groups in total. The van der Waals surface area contributed by atoms with Crippen LogP contribution < -0.4 is 0 Å². The number of ether oxygens (including phenoxy) is 1. The third kappa shape index (κ3) is 3.65. The number of carbonyl (C=O) groups is 1. The summed E-state index contributed by atoms with van der Waals surface area (Å²) in [5.41, 5.74) is -0.332. The number of alkyl halides is 1. The van der Waals surface area contributed by atoms with Gasteiger partial charge in [-0.05, 0) is 26.7 Å². The molecule has 15 heavy (non-hydrogen) atoms. The lowest BCUT2D eigenvalue weighted by Gasteiger charge is -2.27. The minimum atomic E-state index is -0.460. The van der Waals surface area contributed by atoms with Crippen LogP contribution in [-0.2, 0) is 9.53 Å². The van der Waals surface area contributed by atoms with Crippen molar-refractivity contribution in [2.75, 3.05) is 20.2 Å². The molecule has 3 nitrogen and oxygen atoms in total. The highest BCUT2D eigenvalue weighted by Gasteiger charge is 2.30. The van der Waals surface area contributed by atoms with E-state index in [1.54, 1.807) is 7.11 Å². The van der Waals surface area contributed by atoms with E-state index >= 15 is 0 Å². The fourth-order valence-electron chi connectivity index (χ4n) is 1.74. The maximum Gasteiger partial charge on any atom is 0.240 e. The molecule has 1 saturated heterocycles. The van der Waals surface area contributed by atoms with E-state index in [0.717, 1.165) is 25.9 Å². The van der Waals surface area contributed by atoms with E-state index in [2.05, 4.69) is 0 Å². The van der Waals surface area contributed by atoms with Crippen molar-refractivity contribution < 1.29 is 9.53 Å². The normalized spacial score (nSPS) is 19.3. The summed E-state index contributed by atoms with van der Waals surface area (Å²) in [5, 5.41) is -0.460. The molecule has 1 atom stereocenters. The zero-order valence-electron chi connectivity index (χ0n) is 9.75. The highest BCUT2D eigenvalue weighted by atomic mass is 35.5.